The summed E-state index contributed by atoms with van der Waals surface area (Å²) in [7, 11) is 0. The van der Waals surface area contributed by atoms with Gasteiger partial charge in [0.2, 0.25) is 5.91 Å². The average molecular weight is 425 g/mol. The number of amides is 1. The van der Waals surface area contributed by atoms with Gasteiger partial charge in [-0.05, 0) is 41.0 Å². The normalized spacial score (nSPS) is 21.2. The second-order valence-corrected chi connectivity index (χ2v) is 9.04. The van der Waals surface area contributed by atoms with Gasteiger partial charge in [-0.15, -0.1) is 0 Å². The van der Waals surface area contributed by atoms with E-state index >= 15 is 0 Å². The molecule has 4 heteroatoms. The van der Waals surface area contributed by atoms with Gasteiger partial charge >= 0.3 is 0 Å². The fraction of sp³-hybridized carbons (Fsp3) is 0.250. The summed E-state index contributed by atoms with van der Waals surface area (Å²) in [4.78, 5) is 14.9. The minimum atomic E-state index is -0.604. The van der Waals surface area contributed by atoms with Crippen LogP contribution in [0.5, 0.6) is 5.75 Å². The number of hydrogen-bond acceptors (Lipinski definition) is 3. The molecule has 0 radical (unpaired) electrons. The first-order valence-corrected chi connectivity index (χ1v) is 11.1. The number of para-hydroxylation sites is 1. The summed E-state index contributed by atoms with van der Waals surface area (Å²) in [5.74, 6) is 0.915. The second-order valence-electron chi connectivity index (χ2n) is 9.04. The molecule has 0 bridgehead atoms. The summed E-state index contributed by atoms with van der Waals surface area (Å²) < 4.78 is 6.00. The van der Waals surface area contributed by atoms with Gasteiger partial charge in [0.1, 0.15) is 18.0 Å². The van der Waals surface area contributed by atoms with Gasteiger partial charge in [-0.25, -0.2) is 0 Å². The van der Waals surface area contributed by atoms with Crippen molar-refractivity contribution in [3.63, 3.8) is 0 Å². The predicted octanol–water partition coefficient (Wildman–Crippen LogP) is 5.29. The van der Waals surface area contributed by atoms with Crippen molar-refractivity contribution in [1.29, 1.82) is 0 Å². The molecular formula is C28H28N2O2. The monoisotopic (exact) mass is 424 g/mol. The fourth-order valence-corrected chi connectivity index (χ4v) is 4.98. The van der Waals surface area contributed by atoms with E-state index in [2.05, 4.69) is 78.7 Å². The number of nitrogens with zero attached hydrogens (tertiary/aromatic N) is 1. The average Bonchev–Trinajstić information content (AvgIpc) is 3.01. The number of nitrogens with one attached hydrogen (secondary N) is 1. The summed E-state index contributed by atoms with van der Waals surface area (Å²) in [6.07, 6.45) is 4.75. The van der Waals surface area contributed by atoms with Crippen LogP contribution in [0, 0.1) is 0 Å². The van der Waals surface area contributed by atoms with E-state index in [0.29, 0.717) is 19.6 Å². The highest BCUT2D eigenvalue weighted by atomic mass is 16.5. The molecule has 3 aromatic rings. The zero-order chi connectivity index (χ0) is 22.2. The Hall–Kier alpha value is -3.53. The van der Waals surface area contributed by atoms with Gasteiger partial charge in [0.25, 0.3) is 0 Å². The molecule has 2 heterocycles. The molecule has 32 heavy (non-hydrogen) atoms. The molecule has 0 aromatic heterocycles. The van der Waals surface area contributed by atoms with Gasteiger partial charge < -0.3 is 15.0 Å². The highest BCUT2D eigenvalue weighted by Crippen LogP contribution is 2.52. The summed E-state index contributed by atoms with van der Waals surface area (Å²) >= 11 is 0. The van der Waals surface area contributed by atoms with E-state index in [4.69, 9.17) is 4.74 Å². The first-order chi connectivity index (χ1) is 15.5. The van der Waals surface area contributed by atoms with Crippen LogP contribution < -0.4 is 15.0 Å². The lowest BCUT2D eigenvalue weighted by atomic mass is 9.74. The molecule has 3 aromatic carbocycles. The molecule has 1 unspecified atom stereocenters. The van der Waals surface area contributed by atoms with Crippen molar-refractivity contribution in [3.05, 3.63) is 102 Å². The van der Waals surface area contributed by atoms with Crippen LogP contribution in [0.4, 0.5) is 5.69 Å². The third-order valence-electron chi connectivity index (χ3n) is 6.76. The molecule has 2 aliphatic rings. The van der Waals surface area contributed by atoms with Crippen molar-refractivity contribution >= 4 is 17.7 Å². The Morgan fingerprint density at radius 1 is 1.00 bits per heavy atom. The lowest BCUT2D eigenvalue weighted by Gasteiger charge is -2.49. The first kappa shape index (κ1) is 20.4. The highest BCUT2D eigenvalue weighted by molar-refractivity contribution is 5.84. The van der Waals surface area contributed by atoms with Crippen LogP contribution >= 0.6 is 0 Å². The first-order valence-electron chi connectivity index (χ1n) is 11.1. The van der Waals surface area contributed by atoms with Crippen molar-refractivity contribution in [2.24, 2.45) is 0 Å². The maximum Gasteiger partial charge on any atom is 0.223 e. The van der Waals surface area contributed by atoms with E-state index in [1.807, 2.05) is 36.4 Å². The van der Waals surface area contributed by atoms with Crippen molar-refractivity contribution in [2.75, 3.05) is 11.4 Å². The van der Waals surface area contributed by atoms with Crippen molar-refractivity contribution in [3.8, 4) is 5.75 Å². The van der Waals surface area contributed by atoms with Gasteiger partial charge in [-0.3, -0.25) is 4.79 Å². The molecule has 5 rings (SSSR count). The molecule has 0 saturated carbocycles. The predicted molar refractivity (Wildman–Crippen MR) is 129 cm³/mol. The van der Waals surface area contributed by atoms with E-state index in [9.17, 15) is 4.79 Å². The number of carbonyl (C=O) groups is 1. The van der Waals surface area contributed by atoms with Gasteiger partial charge in [0.15, 0.2) is 0 Å². The molecule has 1 atom stereocenters. The number of fused-ring (bicyclic) bond motifs is 3. The standard InChI is InChI=1S/C28H28N2O2/c1-27(2)24-13-6-7-14-25(24)30-18-16-26(31)29-28(27,30)17-15-21-11-8-12-23(19-21)32-20-22-9-4-3-5-10-22/h3-15,17,19H,16,18,20H2,1-2H3,(H,29,31). The minimum Gasteiger partial charge on any atom is -0.489 e. The Morgan fingerprint density at radius 2 is 1.78 bits per heavy atom. The summed E-state index contributed by atoms with van der Waals surface area (Å²) in [6.45, 7) is 5.66. The Kier molecular flexibility index (Phi) is 5.01. The molecule has 0 aliphatic carbocycles. The van der Waals surface area contributed by atoms with Crippen LogP contribution in [0.25, 0.3) is 6.08 Å². The smallest absolute Gasteiger partial charge is 0.223 e. The molecule has 162 valence electrons. The Morgan fingerprint density at radius 3 is 2.62 bits per heavy atom. The van der Waals surface area contributed by atoms with Crippen LogP contribution in [0.15, 0.2) is 84.9 Å². The van der Waals surface area contributed by atoms with Gasteiger partial charge in [0, 0.05) is 24.1 Å². The largest absolute Gasteiger partial charge is 0.489 e. The van der Waals surface area contributed by atoms with Gasteiger partial charge in [-0.1, -0.05) is 80.6 Å². The SMILES string of the molecule is CC1(C)c2ccccc2N2CCC(=O)NC21C=Cc1cccc(OCc2ccccc2)c1. The number of hydrogen-bond donors (Lipinski definition) is 1. The summed E-state index contributed by atoms with van der Waals surface area (Å²) in [5, 5.41) is 3.33. The Bertz CT molecular complexity index is 1170. The minimum absolute atomic E-state index is 0.0896. The molecular weight excluding hydrogens is 396 g/mol. The van der Waals surface area contributed by atoms with Crippen LogP contribution in [0.2, 0.25) is 0 Å². The topological polar surface area (TPSA) is 41.6 Å². The third kappa shape index (κ3) is 3.36. The number of benzene rings is 3. The van der Waals surface area contributed by atoms with Gasteiger partial charge in [0.05, 0.1) is 0 Å². The maximum absolute atomic E-state index is 12.5. The number of rotatable bonds is 5. The lowest BCUT2D eigenvalue weighted by molar-refractivity contribution is -0.124. The number of ether oxygens (including phenoxy) is 1. The highest BCUT2D eigenvalue weighted by Gasteiger charge is 2.57. The Balaban J connectivity index is 1.44. The quantitative estimate of drug-likeness (QED) is 0.605. The Labute approximate surface area is 189 Å². The van der Waals surface area contributed by atoms with Crippen molar-refractivity contribution in [1.82, 2.24) is 5.32 Å². The van der Waals surface area contributed by atoms with E-state index in [1.165, 1.54) is 11.3 Å². The van der Waals surface area contributed by atoms with Crippen LogP contribution in [0.3, 0.4) is 0 Å². The molecule has 1 saturated heterocycles. The van der Waals surface area contributed by atoms with Crippen molar-refractivity contribution in [2.45, 2.75) is 38.0 Å². The zero-order valence-corrected chi connectivity index (χ0v) is 18.5. The van der Waals surface area contributed by atoms with Crippen LogP contribution in [-0.2, 0) is 16.8 Å². The second kappa shape index (κ2) is 7.86. The van der Waals surface area contributed by atoms with Crippen LogP contribution in [0.1, 0.15) is 37.0 Å². The van der Waals surface area contributed by atoms with Gasteiger partial charge in [-0.2, -0.15) is 0 Å². The molecule has 1 amide bonds. The van der Waals surface area contributed by atoms with Crippen LogP contribution in [-0.4, -0.2) is 18.1 Å². The molecule has 4 nitrogen and oxygen atoms in total. The van der Waals surface area contributed by atoms with E-state index in [-0.39, 0.29) is 11.3 Å². The van der Waals surface area contributed by atoms with E-state index < -0.39 is 5.66 Å². The van der Waals surface area contributed by atoms with E-state index in [1.54, 1.807) is 0 Å². The third-order valence-corrected chi connectivity index (χ3v) is 6.76. The molecule has 1 fully saturated rings. The van der Waals surface area contributed by atoms with E-state index in [0.717, 1.165) is 16.9 Å². The summed E-state index contributed by atoms with van der Waals surface area (Å²) in [6, 6.07) is 26.7. The fourth-order valence-electron chi connectivity index (χ4n) is 4.98. The summed E-state index contributed by atoms with van der Waals surface area (Å²) in [5.41, 5.74) is 3.74. The zero-order valence-electron chi connectivity index (χ0n) is 18.5. The molecule has 0 spiro atoms. The lowest BCUT2D eigenvalue weighted by Crippen LogP contribution is -2.68. The molecule has 2 aliphatic heterocycles. The van der Waals surface area contributed by atoms with Crippen molar-refractivity contribution < 1.29 is 9.53 Å². The number of carbonyl (C=O) groups excluding carboxylic acids is 1. The maximum atomic E-state index is 12.5. The number of anilines is 1. The molecule has 1 N–H and O–H groups in total.